The van der Waals surface area contributed by atoms with E-state index in [0.717, 1.165) is 45.2 Å². The van der Waals surface area contributed by atoms with Gasteiger partial charge in [0.15, 0.2) is 0 Å². The molecule has 4 aromatic rings. The van der Waals surface area contributed by atoms with Crippen LogP contribution < -0.4 is 4.74 Å². The van der Waals surface area contributed by atoms with Gasteiger partial charge in [0.1, 0.15) is 11.5 Å². The van der Waals surface area contributed by atoms with Crippen molar-refractivity contribution in [1.82, 2.24) is 9.97 Å². The fraction of sp³-hybridized carbons (Fsp3) is 0.192. The van der Waals surface area contributed by atoms with Gasteiger partial charge in [0.05, 0.1) is 24.3 Å². The van der Waals surface area contributed by atoms with Crippen molar-refractivity contribution in [2.75, 3.05) is 6.61 Å². The molecule has 0 saturated heterocycles. The van der Waals surface area contributed by atoms with Crippen LogP contribution in [0, 0.1) is 13.8 Å². The average Bonchev–Trinajstić information content (AvgIpc) is 3.15. The topological polar surface area (TPSA) is 85.5 Å². The standard InChI is InChI=1S/C26H24N2O4/c1-17-10-11-21(16-27-17)26-28-24(18(2)32-26)12-13-31-22-8-5-7-19(14-22)23-9-4-3-6-20(23)15-25(29)30/h3-11,14,16H,12-13,15H2,1-2H3,(H,29,30). The first kappa shape index (κ1) is 21.3. The number of oxazole rings is 1. The van der Waals surface area contributed by atoms with Crippen molar-refractivity contribution in [3.63, 3.8) is 0 Å². The molecule has 0 bridgehead atoms. The zero-order valence-corrected chi connectivity index (χ0v) is 18.0. The molecule has 4 rings (SSSR count). The van der Waals surface area contributed by atoms with Gasteiger partial charge >= 0.3 is 5.97 Å². The van der Waals surface area contributed by atoms with E-state index in [4.69, 9.17) is 9.15 Å². The minimum absolute atomic E-state index is 0.0223. The number of nitrogens with zero attached hydrogens (tertiary/aromatic N) is 2. The molecule has 2 aromatic carbocycles. The van der Waals surface area contributed by atoms with Crippen LogP contribution in [0.5, 0.6) is 5.75 Å². The maximum Gasteiger partial charge on any atom is 0.307 e. The Kier molecular flexibility index (Phi) is 6.31. The lowest BCUT2D eigenvalue weighted by Crippen LogP contribution is -2.03. The smallest absolute Gasteiger partial charge is 0.307 e. The van der Waals surface area contributed by atoms with Crippen LogP contribution in [0.25, 0.3) is 22.6 Å². The number of aromatic nitrogens is 2. The van der Waals surface area contributed by atoms with Gasteiger partial charge < -0.3 is 14.3 Å². The summed E-state index contributed by atoms with van der Waals surface area (Å²) in [6.07, 6.45) is 2.34. The average molecular weight is 428 g/mol. The number of benzene rings is 2. The summed E-state index contributed by atoms with van der Waals surface area (Å²) in [7, 11) is 0. The number of rotatable bonds is 8. The van der Waals surface area contributed by atoms with Crippen LogP contribution in [0.1, 0.15) is 22.7 Å². The van der Waals surface area contributed by atoms with E-state index in [1.165, 1.54) is 0 Å². The van der Waals surface area contributed by atoms with Crippen LogP contribution in [-0.2, 0) is 17.6 Å². The number of carboxylic acids is 1. The minimum Gasteiger partial charge on any atom is -0.493 e. The van der Waals surface area contributed by atoms with Crippen molar-refractivity contribution < 1.29 is 19.1 Å². The third kappa shape index (κ3) is 5.03. The number of hydrogen-bond donors (Lipinski definition) is 1. The van der Waals surface area contributed by atoms with E-state index in [2.05, 4.69) is 9.97 Å². The summed E-state index contributed by atoms with van der Waals surface area (Å²) < 4.78 is 11.8. The summed E-state index contributed by atoms with van der Waals surface area (Å²) in [6, 6.07) is 19.1. The first-order valence-electron chi connectivity index (χ1n) is 10.4. The number of carboxylic acid groups (broad SMARTS) is 1. The Morgan fingerprint density at radius 1 is 1.03 bits per heavy atom. The second-order valence-electron chi connectivity index (χ2n) is 7.56. The maximum atomic E-state index is 11.2. The molecule has 1 N–H and O–H groups in total. The Balaban J connectivity index is 1.44. The molecule has 6 nitrogen and oxygen atoms in total. The van der Waals surface area contributed by atoms with Gasteiger partial charge in [-0.1, -0.05) is 36.4 Å². The van der Waals surface area contributed by atoms with Gasteiger partial charge in [0, 0.05) is 18.3 Å². The van der Waals surface area contributed by atoms with Crippen LogP contribution in [0.2, 0.25) is 0 Å². The molecule has 0 unspecified atom stereocenters. The first-order chi connectivity index (χ1) is 15.5. The highest BCUT2D eigenvalue weighted by molar-refractivity contribution is 5.77. The molecule has 0 fully saturated rings. The first-order valence-corrected chi connectivity index (χ1v) is 10.4. The Labute approximate surface area is 186 Å². The summed E-state index contributed by atoms with van der Waals surface area (Å²) in [5, 5.41) is 9.18. The molecule has 0 amide bonds. The van der Waals surface area contributed by atoms with E-state index in [9.17, 15) is 9.90 Å². The van der Waals surface area contributed by atoms with E-state index in [0.29, 0.717) is 18.9 Å². The second-order valence-corrected chi connectivity index (χ2v) is 7.56. The molecule has 2 aromatic heterocycles. The summed E-state index contributed by atoms with van der Waals surface area (Å²) in [5.41, 5.74) is 5.23. The van der Waals surface area contributed by atoms with E-state index < -0.39 is 5.97 Å². The third-order valence-electron chi connectivity index (χ3n) is 5.16. The summed E-state index contributed by atoms with van der Waals surface area (Å²) >= 11 is 0. The zero-order chi connectivity index (χ0) is 22.5. The van der Waals surface area contributed by atoms with Gasteiger partial charge in [0.2, 0.25) is 5.89 Å². The van der Waals surface area contributed by atoms with E-state index in [1.807, 2.05) is 74.5 Å². The van der Waals surface area contributed by atoms with Gasteiger partial charge in [-0.2, -0.15) is 0 Å². The molecule has 162 valence electrons. The van der Waals surface area contributed by atoms with Gasteiger partial charge in [-0.05, 0) is 54.8 Å². The van der Waals surface area contributed by atoms with E-state index in [-0.39, 0.29) is 6.42 Å². The van der Waals surface area contributed by atoms with Crippen LogP contribution in [0.4, 0.5) is 0 Å². The van der Waals surface area contributed by atoms with Crippen LogP contribution in [-0.4, -0.2) is 27.7 Å². The summed E-state index contributed by atoms with van der Waals surface area (Å²) in [5.74, 6) is 1.19. The molecule has 0 spiro atoms. The zero-order valence-electron chi connectivity index (χ0n) is 18.0. The SMILES string of the molecule is Cc1ccc(-c2nc(CCOc3cccc(-c4ccccc4CC(=O)O)c3)c(C)o2)cn1. The number of aliphatic carboxylic acids is 1. The van der Waals surface area contributed by atoms with Crippen LogP contribution in [0.15, 0.2) is 71.3 Å². The maximum absolute atomic E-state index is 11.2. The number of pyridine rings is 1. The Morgan fingerprint density at radius 2 is 1.88 bits per heavy atom. The van der Waals surface area contributed by atoms with Crippen molar-refractivity contribution in [3.05, 3.63) is 89.6 Å². The van der Waals surface area contributed by atoms with Gasteiger partial charge in [-0.25, -0.2) is 4.98 Å². The molecule has 32 heavy (non-hydrogen) atoms. The van der Waals surface area contributed by atoms with Crippen LogP contribution in [0.3, 0.4) is 0 Å². The van der Waals surface area contributed by atoms with Crippen molar-refractivity contribution in [2.24, 2.45) is 0 Å². The van der Waals surface area contributed by atoms with Gasteiger partial charge in [-0.3, -0.25) is 9.78 Å². The lowest BCUT2D eigenvalue weighted by Gasteiger charge is -2.11. The normalized spacial score (nSPS) is 10.8. The second kappa shape index (κ2) is 9.47. The van der Waals surface area contributed by atoms with Crippen molar-refractivity contribution in [3.8, 4) is 28.3 Å². The Hall–Kier alpha value is -3.93. The van der Waals surface area contributed by atoms with Crippen molar-refractivity contribution in [1.29, 1.82) is 0 Å². The lowest BCUT2D eigenvalue weighted by molar-refractivity contribution is -0.136. The predicted molar refractivity (Wildman–Crippen MR) is 122 cm³/mol. The highest BCUT2D eigenvalue weighted by Crippen LogP contribution is 2.28. The molecule has 0 atom stereocenters. The fourth-order valence-corrected chi connectivity index (χ4v) is 3.52. The molecular formula is C26H24N2O4. The molecule has 0 aliphatic heterocycles. The number of aryl methyl sites for hydroxylation is 2. The minimum atomic E-state index is -0.853. The fourth-order valence-electron chi connectivity index (χ4n) is 3.52. The predicted octanol–water partition coefficient (Wildman–Crippen LogP) is 5.27. The molecular weight excluding hydrogens is 404 g/mol. The number of hydrogen-bond acceptors (Lipinski definition) is 5. The van der Waals surface area contributed by atoms with E-state index in [1.54, 1.807) is 6.20 Å². The summed E-state index contributed by atoms with van der Waals surface area (Å²) in [6.45, 7) is 4.28. The van der Waals surface area contributed by atoms with Gasteiger partial charge in [-0.15, -0.1) is 0 Å². The molecule has 0 aliphatic carbocycles. The highest BCUT2D eigenvalue weighted by atomic mass is 16.5. The van der Waals surface area contributed by atoms with Crippen molar-refractivity contribution >= 4 is 5.97 Å². The van der Waals surface area contributed by atoms with Crippen molar-refractivity contribution in [2.45, 2.75) is 26.7 Å². The number of ether oxygens (including phenoxy) is 1. The van der Waals surface area contributed by atoms with Crippen LogP contribution >= 0.6 is 0 Å². The molecule has 6 heteroatoms. The molecule has 0 radical (unpaired) electrons. The molecule has 0 aliphatic rings. The monoisotopic (exact) mass is 428 g/mol. The lowest BCUT2D eigenvalue weighted by atomic mass is 9.97. The molecule has 0 saturated carbocycles. The number of carbonyl (C=O) groups is 1. The Bertz CT molecular complexity index is 1230. The highest BCUT2D eigenvalue weighted by Gasteiger charge is 2.13. The van der Waals surface area contributed by atoms with Gasteiger partial charge in [0.25, 0.3) is 0 Å². The summed E-state index contributed by atoms with van der Waals surface area (Å²) in [4.78, 5) is 20.1. The largest absolute Gasteiger partial charge is 0.493 e. The quantitative estimate of drug-likeness (QED) is 0.412. The third-order valence-corrected chi connectivity index (χ3v) is 5.16. The van der Waals surface area contributed by atoms with E-state index >= 15 is 0 Å². The Morgan fingerprint density at radius 3 is 2.66 bits per heavy atom. The molecule has 2 heterocycles.